The Bertz CT molecular complexity index is 918. The van der Waals surface area contributed by atoms with E-state index in [1.54, 1.807) is 18.0 Å². The Kier molecular flexibility index (Phi) is 5.53. The number of halogens is 3. The van der Waals surface area contributed by atoms with Crippen molar-refractivity contribution in [1.82, 2.24) is 15.3 Å². The van der Waals surface area contributed by atoms with Crippen molar-refractivity contribution in [3.05, 3.63) is 61.9 Å². The summed E-state index contributed by atoms with van der Waals surface area (Å²) in [5, 5.41) is 12.0. The Morgan fingerprint density at radius 3 is 2.62 bits per heavy atom. The minimum absolute atomic E-state index is 0.267. The van der Waals surface area contributed by atoms with Gasteiger partial charge in [0.1, 0.15) is 0 Å². The molecule has 4 N–H and O–H groups in total. The van der Waals surface area contributed by atoms with E-state index in [9.17, 15) is 32.7 Å². The molecule has 0 radical (unpaired) electrons. The normalized spacial score (nSPS) is 12.6. The third-order valence-corrected chi connectivity index (χ3v) is 3.64. The van der Waals surface area contributed by atoms with Crippen molar-refractivity contribution in [2.24, 2.45) is 0 Å². The smallest absolute Gasteiger partial charge is 0.416 e. The molecule has 1 heterocycles. The molecule has 2 aromatic rings. The van der Waals surface area contributed by atoms with Gasteiger partial charge in [0, 0.05) is 6.04 Å². The Morgan fingerprint density at radius 1 is 1.27 bits per heavy atom. The van der Waals surface area contributed by atoms with E-state index in [2.05, 4.69) is 5.32 Å². The zero-order valence-electron chi connectivity index (χ0n) is 13.6. The average Bonchev–Trinajstić information content (AvgIpc) is 2.55. The van der Waals surface area contributed by atoms with Crippen LogP contribution in [0.5, 0.6) is 5.75 Å². The van der Waals surface area contributed by atoms with Gasteiger partial charge in [0.15, 0.2) is 5.69 Å². The molecule has 7 nitrogen and oxygen atoms in total. The number of aromatic amines is 2. The highest BCUT2D eigenvalue weighted by Crippen LogP contribution is 2.29. The topological polar surface area (TPSA) is 115 Å². The van der Waals surface area contributed by atoms with Crippen LogP contribution in [0.2, 0.25) is 0 Å². The van der Waals surface area contributed by atoms with E-state index in [1.165, 1.54) is 6.07 Å². The highest BCUT2D eigenvalue weighted by Gasteiger charge is 2.30. The molecule has 0 aliphatic rings. The molecular weight excluding hydrogens is 355 g/mol. The number of benzene rings is 1. The van der Waals surface area contributed by atoms with Crippen molar-refractivity contribution in [2.45, 2.75) is 32.0 Å². The summed E-state index contributed by atoms with van der Waals surface area (Å²) < 4.78 is 38.1. The highest BCUT2D eigenvalue weighted by atomic mass is 19.4. The largest absolute Gasteiger partial charge is 0.501 e. The lowest BCUT2D eigenvalue weighted by Crippen LogP contribution is -2.36. The van der Waals surface area contributed by atoms with Gasteiger partial charge < -0.3 is 10.4 Å². The molecule has 0 saturated carbocycles. The maximum Gasteiger partial charge on any atom is 0.416 e. The second-order valence-corrected chi connectivity index (χ2v) is 5.74. The van der Waals surface area contributed by atoms with Crippen LogP contribution in [0.3, 0.4) is 0 Å². The molecule has 0 bridgehead atoms. The number of aromatic nitrogens is 2. The zero-order chi connectivity index (χ0) is 19.5. The van der Waals surface area contributed by atoms with Crippen LogP contribution < -0.4 is 16.6 Å². The molecule has 140 valence electrons. The lowest BCUT2D eigenvalue weighted by Gasteiger charge is -2.14. The van der Waals surface area contributed by atoms with Crippen LogP contribution in [-0.2, 0) is 12.6 Å². The Morgan fingerprint density at radius 2 is 1.96 bits per heavy atom. The second kappa shape index (κ2) is 7.46. The van der Waals surface area contributed by atoms with Crippen molar-refractivity contribution in [1.29, 1.82) is 0 Å². The van der Waals surface area contributed by atoms with Gasteiger partial charge in [-0.15, -0.1) is 0 Å². The van der Waals surface area contributed by atoms with Crippen molar-refractivity contribution in [2.75, 3.05) is 0 Å². The average molecular weight is 371 g/mol. The fourth-order valence-corrected chi connectivity index (χ4v) is 2.30. The predicted molar refractivity (Wildman–Crippen MR) is 86.0 cm³/mol. The van der Waals surface area contributed by atoms with Crippen LogP contribution in [0.4, 0.5) is 13.2 Å². The maximum atomic E-state index is 12.7. The van der Waals surface area contributed by atoms with Crippen LogP contribution in [0.25, 0.3) is 0 Å². The number of amides is 1. The number of rotatable bonds is 5. The monoisotopic (exact) mass is 371 g/mol. The molecule has 1 atom stereocenters. The maximum absolute atomic E-state index is 12.7. The number of carbonyl (C=O) groups excluding carboxylic acids is 1. The van der Waals surface area contributed by atoms with Crippen molar-refractivity contribution < 1.29 is 23.1 Å². The van der Waals surface area contributed by atoms with E-state index in [0.29, 0.717) is 12.0 Å². The number of nitrogens with one attached hydrogen (secondary N) is 3. The highest BCUT2D eigenvalue weighted by molar-refractivity contribution is 5.94. The number of H-pyrrole nitrogens is 2. The third-order valence-electron chi connectivity index (χ3n) is 3.64. The van der Waals surface area contributed by atoms with Gasteiger partial charge >= 0.3 is 11.9 Å². The molecule has 0 saturated heterocycles. The van der Waals surface area contributed by atoms with E-state index < -0.39 is 46.4 Å². The van der Waals surface area contributed by atoms with Crippen LogP contribution in [0.15, 0.2) is 33.9 Å². The third kappa shape index (κ3) is 4.74. The molecule has 0 fully saturated rings. The summed E-state index contributed by atoms with van der Waals surface area (Å²) in [7, 11) is 0. The van der Waals surface area contributed by atoms with Crippen molar-refractivity contribution in [3.63, 3.8) is 0 Å². The SMILES string of the molecule is C[C@H](CCc1cccc(C(F)(F)F)c1)NC(=O)c1[nH]c(=O)[nH]c(=O)c1O. The van der Waals surface area contributed by atoms with Crippen LogP contribution in [0.1, 0.15) is 35.0 Å². The lowest BCUT2D eigenvalue weighted by molar-refractivity contribution is -0.137. The molecule has 26 heavy (non-hydrogen) atoms. The quantitative estimate of drug-likeness (QED) is 0.638. The van der Waals surface area contributed by atoms with Gasteiger partial charge in [-0.1, -0.05) is 18.2 Å². The summed E-state index contributed by atoms with van der Waals surface area (Å²) >= 11 is 0. The number of aromatic hydroxyl groups is 1. The van der Waals surface area contributed by atoms with E-state index in [-0.39, 0.29) is 6.42 Å². The predicted octanol–water partition coefficient (Wildman–Crippen LogP) is 1.54. The summed E-state index contributed by atoms with van der Waals surface area (Å²) in [5.74, 6) is -1.80. The Balaban J connectivity index is 2.01. The van der Waals surface area contributed by atoms with Gasteiger partial charge in [-0.2, -0.15) is 13.2 Å². The molecular formula is C16H16F3N3O4. The molecule has 0 spiro atoms. The van der Waals surface area contributed by atoms with Gasteiger partial charge in [0.25, 0.3) is 11.5 Å². The molecule has 10 heteroatoms. The van der Waals surface area contributed by atoms with Crippen LogP contribution in [-0.4, -0.2) is 27.0 Å². The first-order valence-electron chi connectivity index (χ1n) is 7.60. The summed E-state index contributed by atoms with van der Waals surface area (Å²) in [5.41, 5.74) is -2.93. The summed E-state index contributed by atoms with van der Waals surface area (Å²) in [6, 6.07) is 4.37. The van der Waals surface area contributed by atoms with E-state index >= 15 is 0 Å². The number of alkyl halides is 3. The summed E-state index contributed by atoms with van der Waals surface area (Å²) in [4.78, 5) is 38.3. The number of hydrogen-bond acceptors (Lipinski definition) is 4. The summed E-state index contributed by atoms with van der Waals surface area (Å²) in [6.07, 6.45) is -3.86. The van der Waals surface area contributed by atoms with Gasteiger partial charge in [0.2, 0.25) is 5.75 Å². The number of carbonyl (C=O) groups is 1. The first-order valence-corrected chi connectivity index (χ1v) is 7.60. The van der Waals surface area contributed by atoms with Crippen LogP contribution >= 0.6 is 0 Å². The van der Waals surface area contributed by atoms with Crippen molar-refractivity contribution in [3.8, 4) is 5.75 Å². The van der Waals surface area contributed by atoms with Gasteiger partial charge in [-0.25, -0.2) is 4.79 Å². The summed E-state index contributed by atoms with van der Waals surface area (Å²) in [6.45, 7) is 1.60. The standard InChI is InChI=1S/C16H16F3N3O4/c1-8(5-6-9-3-2-4-10(7-9)16(17,18)19)20-13(24)11-12(23)14(25)22-15(26)21-11/h2-4,7-8,23H,5-6H2,1H3,(H,20,24)(H2,21,22,25,26)/t8-/m1/s1. The van der Waals surface area contributed by atoms with E-state index in [4.69, 9.17) is 0 Å². The minimum Gasteiger partial charge on any atom is -0.501 e. The lowest BCUT2D eigenvalue weighted by atomic mass is 10.0. The van der Waals surface area contributed by atoms with E-state index in [0.717, 1.165) is 12.1 Å². The molecule has 0 aliphatic heterocycles. The minimum atomic E-state index is -4.43. The first kappa shape index (κ1) is 19.3. The van der Waals surface area contributed by atoms with Crippen LogP contribution in [0, 0.1) is 0 Å². The first-order chi connectivity index (χ1) is 12.1. The molecule has 1 aromatic heterocycles. The molecule has 0 unspecified atom stereocenters. The van der Waals surface area contributed by atoms with Gasteiger partial charge in [0.05, 0.1) is 5.56 Å². The fourth-order valence-electron chi connectivity index (χ4n) is 2.30. The number of hydrogen-bond donors (Lipinski definition) is 4. The molecule has 0 aliphatic carbocycles. The number of aryl methyl sites for hydroxylation is 1. The Hall–Kier alpha value is -3.04. The van der Waals surface area contributed by atoms with Gasteiger partial charge in [-0.3, -0.25) is 19.6 Å². The molecule has 1 aromatic carbocycles. The second-order valence-electron chi connectivity index (χ2n) is 5.74. The molecule has 1 amide bonds. The Labute approximate surface area is 144 Å². The zero-order valence-corrected chi connectivity index (χ0v) is 13.6. The van der Waals surface area contributed by atoms with E-state index in [1.807, 2.05) is 4.98 Å². The van der Waals surface area contributed by atoms with Gasteiger partial charge in [-0.05, 0) is 31.4 Å². The molecule has 2 rings (SSSR count). The van der Waals surface area contributed by atoms with Crippen molar-refractivity contribution >= 4 is 5.91 Å². The fraction of sp³-hybridized carbons (Fsp3) is 0.312.